The Hall–Kier alpha value is -1.23. The van der Waals surface area contributed by atoms with Crippen LogP contribution < -0.4 is 5.32 Å². The van der Waals surface area contributed by atoms with E-state index in [0.29, 0.717) is 17.4 Å². The molecular weight excluding hydrogens is 236 g/mol. The molecule has 0 spiro atoms. The summed E-state index contributed by atoms with van der Waals surface area (Å²) in [7, 11) is 1.37. The number of rotatable bonds is 6. The van der Waals surface area contributed by atoms with E-state index in [1.165, 1.54) is 7.11 Å². The molecule has 0 radical (unpaired) electrons. The van der Waals surface area contributed by atoms with Crippen molar-refractivity contribution in [2.24, 2.45) is 0 Å². The Morgan fingerprint density at radius 3 is 3.06 bits per heavy atom. The van der Waals surface area contributed by atoms with Crippen LogP contribution in [-0.4, -0.2) is 36.1 Å². The van der Waals surface area contributed by atoms with Crippen molar-refractivity contribution in [3.8, 4) is 0 Å². The largest absolute Gasteiger partial charge is 0.465 e. The van der Waals surface area contributed by atoms with E-state index in [1.807, 2.05) is 11.8 Å². The van der Waals surface area contributed by atoms with Gasteiger partial charge in [0.2, 0.25) is 0 Å². The van der Waals surface area contributed by atoms with Crippen LogP contribution in [0.4, 0.5) is 5.82 Å². The van der Waals surface area contributed by atoms with Gasteiger partial charge in [-0.1, -0.05) is 0 Å². The molecule has 1 atom stereocenters. The highest BCUT2D eigenvalue weighted by Gasteiger charge is 2.08. The number of carbonyl (C=O) groups is 1. The Balaban J connectivity index is 2.62. The number of thioether (sulfide) groups is 1. The number of carbonyl (C=O) groups excluding carboxylic acids is 1. The van der Waals surface area contributed by atoms with Gasteiger partial charge in [-0.05, 0) is 37.5 Å². The number of aromatic nitrogens is 1. The Kier molecular flexibility index (Phi) is 5.83. The molecule has 1 N–H and O–H groups in total. The molecule has 0 saturated carbocycles. The SMILES string of the molecule is COC(=O)c1ccnc(NC(C)CCSC)c1. The Labute approximate surface area is 106 Å². The third kappa shape index (κ3) is 4.65. The molecule has 94 valence electrons. The second-order valence-electron chi connectivity index (χ2n) is 3.75. The molecule has 4 nitrogen and oxygen atoms in total. The van der Waals surface area contributed by atoms with Gasteiger partial charge in [0.25, 0.3) is 0 Å². The molecule has 5 heteroatoms. The highest BCUT2D eigenvalue weighted by Crippen LogP contribution is 2.11. The van der Waals surface area contributed by atoms with Gasteiger partial charge in [-0.15, -0.1) is 0 Å². The minimum absolute atomic E-state index is 0.336. The van der Waals surface area contributed by atoms with Crippen molar-refractivity contribution in [3.05, 3.63) is 23.9 Å². The van der Waals surface area contributed by atoms with Crippen molar-refractivity contribution in [1.82, 2.24) is 4.98 Å². The first kappa shape index (κ1) is 13.8. The molecule has 0 aliphatic carbocycles. The predicted molar refractivity (Wildman–Crippen MR) is 71.7 cm³/mol. The number of methoxy groups -OCH3 is 1. The summed E-state index contributed by atoms with van der Waals surface area (Å²) in [4.78, 5) is 15.5. The van der Waals surface area contributed by atoms with Crippen LogP contribution in [0.25, 0.3) is 0 Å². The van der Waals surface area contributed by atoms with Crippen molar-refractivity contribution in [2.45, 2.75) is 19.4 Å². The number of hydrogen-bond acceptors (Lipinski definition) is 5. The number of hydrogen-bond donors (Lipinski definition) is 1. The summed E-state index contributed by atoms with van der Waals surface area (Å²) in [5.74, 6) is 1.47. The minimum atomic E-state index is -0.341. The van der Waals surface area contributed by atoms with Gasteiger partial charge >= 0.3 is 5.97 Å². The molecule has 0 aliphatic rings. The van der Waals surface area contributed by atoms with Crippen LogP contribution in [0.15, 0.2) is 18.3 Å². The Morgan fingerprint density at radius 1 is 1.65 bits per heavy atom. The number of ether oxygens (including phenoxy) is 1. The lowest BCUT2D eigenvalue weighted by Crippen LogP contribution is -2.17. The third-order valence-corrected chi connectivity index (χ3v) is 2.97. The smallest absolute Gasteiger partial charge is 0.338 e. The van der Waals surface area contributed by atoms with Gasteiger partial charge in [0.05, 0.1) is 12.7 Å². The second-order valence-corrected chi connectivity index (χ2v) is 4.73. The topological polar surface area (TPSA) is 51.2 Å². The summed E-state index contributed by atoms with van der Waals surface area (Å²) < 4.78 is 4.66. The van der Waals surface area contributed by atoms with Gasteiger partial charge in [-0.25, -0.2) is 9.78 Å². The Bertz CT molecular complexity index is 371. The fraction of sp³-hybridized carbons (Fsp3) is 0.500. The summed E-state index contributed by atoms with van der Waals surface area (Å²) in [6.45, 7) is 2.10. The van der Waals surface area contributed by atoms with Gasteiger partial charge in [0.1, 0.15) is 5.82 Å². The van der Waals surface area contributed by atoms with E-state index < -0.39 is 0 Å². The zero-order valence-electron chi connectivity index (χ0n) is 10.4. The van der Waals surface area contributed by atoms with Crippen molar-refractivity contribution in [1.29, 1.82) is 0 Å². The van der Waals surface area contributed by atoms with E-state index in [0.717, 1.165) is 12.2 Å². The molecule has 1 rings (SSSR count). The van der Waals surface area contributed by atoms with E-state index in [2.05, 4.69) is 28.2 Å². The number of esters is 1. The zero-order valence-corrected chi connectivity index (χ0v) is 11.2. The van der Waals surface area contributed by atoms with Gasteiger partial charge in [0.15, 0.2) is 0 Å². The van der Waals surface area contributed by atoms with Crippen molar-refractivity contribution in [2.75, 3.05) is 24.4 Å². The minimum Gasteiger partial charge on any atom is -0.465 e. The first-order valence-electron chi connectivity index (χ1n) is 5.47. The van der Waals surface area contributed by atoms with E-state index in [9.17, 15) is 4.79 Å². The lowest BCUT2D eigenvalue weighted by Gasteiger charge is -2.14. The fourth-order valence-electron chi connectivity index (χ4n) is 1.37. The first-order valence-corrected chi connectivity index (χ1v) is 6.86. The molecule has 0 bridgehead atoms. The molecule has 0 aromatic carbocycles. The summed E-state index contributed by atoms with van der Waals surface area (Å²) in [6.07, 6.45) is 4.75. The van der Waals surface area contributed by atoms with Crippen LogP contribution >= 0.6 is 11.8 Å². The molecule has 0 saturated heterocycles. The lowest BCUT2D eigenvalue weighted by molar-refractivity contribution is 0.0600. The normalized spacial score (nSPS) is 11.9. The van der Waals surface area contributed by atoms with Gasteiger partial charge < -0.3 is 10.1 Å². The lowest BCUT2D eigenvalue weighted by atomic mass is 10.2. The maximum absolute atomic E-state index is 11.3. The molecule has 1 unspecified atom stereocenters. The zero-order chi connectivity index (χ0) is 12.7. The average molecular weight is 254 g/mol. The van der Waals surface area contributed by atoms with E-state index >= 15 is 0 Å². The van der Waals surface area contributed by atoms with E-state index in [-0.39, 0.29) is 5.97 Å². The molecule has 17 heavy (non-hydrogen) atoms. The maximum Gasteiger partial charge on any atom is 0.338 e. The molecule has 0 fully saturated rings. The predicted octanol–water partition coefficient (Wildman–Crippen LogP) is 2.42. The van der Waals surface area contributed by atoms with Gasteiger partial charge in [-0.3, -0.25) is 0 Å². The summed E-state index contributed by atoms with van der Waals surface area (Å²) in [5, 5.41) is 3.26. The number of nitrogens with one attached hydrogen (secondary N) is 1. The van der Waals surface area contributed by atoms with Crippen molar-refractivity contribution >= 4 is 23.5 Å². The first-order chi connectivity index (χ1) is 8.17. The number of pyridine rings is 1. The molecule has 1 heterocycles. The quantitative estimate of drug-likeness (QED) is 0.790. The van der Waals surface area contributed by atoms with Gasteiger partial charge in [0, 0.05) is 12.2 Å². The molecule has 0 amide bonds. The molecular formula is C12H18N2O2S. The van der Waals surface area contributed by atoms with Crippen LogP contribution in [0.3, 0.4) is 0 Å². The van der Waals surface area contributed by atoms with E-state index in [4.69, 9.17) is 0 Å². The second kappa shape index (κ2) is 7.17. The highest BCUT2D eigenvalue weighted by molar-refractivity contribution is 7.98. The van der Waals surface area contributed by atoms with Gasteiger partial charge in [-0.2, -0.15) is 11.8 Å². The Morgan fingerprint density at radius 2 is 2.41 bits per heavy atom. The summed E-state index contributed by atoms with van der Waals surface area (Å²) in [5.41, 5.74) is 0.516. The molecule has 1 aromatic rings. The number of anilines is 1. The number of nitrogens with zero attached hydrogens (tertiary/aromatic N) is 1. The average Bonchev–Trinajstić information content (AvgIpc) is 2.35. The molecule has 1 aromatic heterocycles. The third-order valence-electron chi connectivity index (χ3n) is 2.33. The van der Waals surface area contributed by atoms with Crippen molar-refractivity contribution in [3.63, 3.8) is 0 Å². The van der Waals surface area contributed by atoms with Crippen LogP contribution in [-0.2, 0) is 4.74 Å². The van der Waals surface area contributed by atoms with Crippen LogP contribution in [0, 0.1) is 0 Å². The highest BCUT2D eigenvalue weighted by atomic mass is 32.2. The van der Waals surface area contributed by atoms with Crippen LogP contribution in [0.5, 0.6) is 0 Å². The van der Waals surface area contributed by atoms with E-state index in [1.54, 1.807) is 18.3 Å². The van der Waals surface area contributed by atoms with Crippen LogP contribution in [0.2, 0.25) is 0 Å². The summed E-state index contributed by atoms with van der Waals surface area (Å²) in [6, 6.07) is 3.69. The molecule has 0 aliphatic heterocycles. The maximum atomic E-state index is 11.3. The standard InChI is InChI=1S/C12H18N2O2S/c1-9(5-7-17-3)14-11-8-10(4-6-13-11)12(15)16-2/h4,6,8-9H,5,7H2,1-3H3,(H,13,14). The monoisotopic (exact) mass is 254 g/mol. The van der Waals surface area contributed by atoms with Crippen LogP contribution in [0.1, 0.15) is 23.7 Å². The van der Waals surface area contributed by atoms with Crippen molar-refractivity contribution < 1.29 is 9.53 Å². The fourth-order valence-corrected chi connectivity index (χ4v) is 1.96. The summed E-state index contributed by atoms with van der Waals surface area (Å²) >= 11 is 1.82.